The molecule has 5 aromatic rings. The Labute approximate surface area is 277 Å². The van der Waals surface area contributed by atoms with Gasteiger partial charge in [-0.15, -0.1) is 0 Å². The molecule has 8 nitrogen and oxygen atoms in total. The van der Waals surface area contributed by atoms with Crippen LogP contribution in [0.3, 0.4) is 0 Å². The standard InChI is InChI=1S/C38H40N4O4S/c1-29(41(26-30-14-5-2-6-15-30)27-31-16-7-3-8-17-31)28-46-38(43)42-25-12-11-21-35(42)33-23-24-39-37-34(33)20-13-22-36(37)47(44,45)40-32-18-9-4-10-19-32/h2-10,13-20,22-24,29,35,40H,11-12,21,25-28H2,1H3/t29-,35?/m0/s1. The molecule has 1 N–H and O–H groups in total. The van der Waals surface area contributed by atoms with Gasteiger partial charge in [0.05, 0.1) is 11.6 Å². The second-order valence-corrected chi connectivity index (χ2v) is 13.7. The van der Waals surface area contributed by atoms with Crippen LogP contribution in [0.25, 0.3) is 10.9 Å². The molecule has 1 saturated heterocycles. The van der Waals surface area contributed by atoms with Gasteiger partial charge in [0.1, 0.15) is 11.5 Å². The summed E-state index contributed by atoms with van der Waals surface area (Å²) in [7, 11) is -3.91. The summed E-state index contributed by atoms with van der Waals surface area (Å²) in [4.78, 5) is 22.5. The molecule has 1 amide bonds. The lowest BCUT2D eigenvalue weighted by Crippen LogP contribution is -2.42. The normalized spacial score (nSPS) is 15.8. The van der Waals surface area contributed by atoms with E-state index in [0.29, 0.717) is 23.1 Å². The van der Waals surface area contributed by atoms with E-state index in [2.05, 4.69) is 45.8 Å². The number of anilines is 1. The number of hydrogen-bond acceptors (Lipinski definition) is 6. The Hall–Kier alpha value is -4.73. The number of nitrogens with one attached hydrogen (secondary N) is 1. The van der Waals surface area contributed by atoms with Crippen molar-refractivity contribution in [2.24, 2.45) is 0 Å². The summed E-state index contributed by atoms with van der Waals surface area (Å²) >= 11 is 0. The molecule has 2 heterocycles. The number of sulfonamides is 1. The minimum atomic E-state index is -3.91. The third-order valence-corrected chi connectivity index (χ3v) is 10.1. The van der Waals surface area contributed by atoms with Crippen LogP contribution in [0.4, 0.5) is 10.5 Å². The van der Waals surface area contributed by atoms with Crippen LogP contribution < -0.4 is 4.72 Å². The van der Waals surface area contributed by atoms with E-state index in [-0.39, 0.29) is 29.7 Å². The predicted octanol–water partition coefficient (Wildman–Crippen LogP) is 7.79. The van der Waals surface area contributed by atoms with Crippen molar-refractivity contribution in [2.75, 3.05) is 17.9 Å². The smallest absolute Gasteiger partial charge is 0.410 e. The van der Waals surface area contributed by atoms with Gasteiger partial charge in [0.2, 0.25) is 0 Å². The zero-order valence-corrected chi connectivity index (χ0v) is 27.4. The highest BCUT2D eigenvalue weighted by Crippen LogP contribution is 2.36. The summed E-state index contributed by atoms with van der Waals surface area (Å²) < 4.78 is 35.6. The molecule has 0 radical (unpaired) electrons. The van der Waals surface area contributed by atoms with E-state index in [1.54, 1.807) is 47.5 Å². The van der Waals surface area contributed by atoms with Crippen LogP contribution in [0.15, 0.2) is 126 Å². The Morgan fingerprint density at radius 3 is 2.17 bits per heavy atom. The Balaban J connectivity index is 1.21. The second kappa shape index (κ2) is 14.8. The van der Waals surface area contributed by atoms with Gasteiger partial charge in [-0.3, -0.25) is 14.6 Å². The fraction of sp³-hybridized carbons (Fsp3) is 0.263. The number of amides is 1. The fourth-order valence-electron chi connectivity index (χ4n) is 6.25. The molecule has 0 aliphatic carbocycles. The molecule has 1 aliphatic rings. The van der Waals surface area contributed by atoms with Gasteiger partial charge in [0.15, 0.2) is 0 Å². The molecule has 0 saturated carbocycles. The molecule has 9 heteroatoms. The summed E-state index contributed by atoms with van der Waals surface area (Å²) in [6, 6.07) is 36.2. The van der Waals surface area contributed by atoms with Crippen LogP contribution in [0, 0.1) is 0 Å². The number of fused-ring (bicyclic) bond motifs is 1. The molecule has 2 atom stereocenters. The number of pyridine rings is 1. The first-order valence-electron chi connectivity index (χ1n) is 16.1. The number of hydrogen-bond donors (Lipinski definition) is 1. The molecule has 0 spiro atoms. The number of benzene rings is 4. The van der Waals surface area contributed by atoms with Crippen molar-refractivity contribution in [2.45, 2.75) is 56.3 Å². The van der Waals surface area contributed by atoms with Gasteiger partial charge in [-0.25, -0.2) is 13.2 Å². The highest BCUT2D eigenvalue weighted by Gasteiger charge is 2.32. The minimum Gasteiger partial charge on any atom is -0.448 e. The largest absolute Gasteiger partial charge is 0.448 e. The van der Waals surface area contributed by atoms with Crippen LogP contribution in [0.2, 0.25) is 0 Å². The van der Waals surface area contributed by atoms with E-state index >= 15 is 0 Å². The van der Waals surface area contributed by atoms with Crippen LogP contribution in [-0.4, -0.2) is 48.5 Å². The zero-order valence-electron chi connectivity index (χ0n) is 26.5. The molecule has 1 unspecified atom stereocenters. The summed E-state index contributed by atoms with van der Waals surface area (Å²) in [5.74, 6) is 0. The predicted molar refractivity (Wildman–Crippen MR) is 185 cm³/mol. The van der Waals surface area contributed by atoms with Gasteiger partial charge in [0, 0.05) is 42.9 Å². The summed E-state index contributed by atoms with van der Waals surface area (Å²) in [5.41, 5.74) is 4.11. The van der Waals surface area contributed by atoms with Gasteiger partial charge >= 0.3 is 6.09 Å². The summed E-state index contributed by atoms with van der Waals surface area (Å²) in [5, 5.41) is 0.707. The number of carbonyl (C=O) groups is 1. The molecule has 6 rings (SSSR count). The average Bonchev–Trinajstić information content (AvgIpc) is 3.11. The summed E-state index contributed by atoms with van der Waals surface area (Å²) in [6.45, 7) is 4.36. The molecular formula is C38H40N4O4S. The van der Waals surface area contributed by atoms with Crippen LogP contribution >= 0.6 is 0 Å². The lowest BCUT2D eigenvalue weighted by Gasteiger charge is -2.36. The molecule has 1 fully saturated rings. The first-order valence-corrected chi connectivity index (χ1v) is 17.6. The van der Waals surface area contributed by atoms with Gasteiger partial charge < -0.3 is 9.64 Å². The zero-order chi connectivity index (χ0) is 32.6. The lowest BCUT2D eigenvalue weighted by molar-refractivity contribution is 0.0465. The Morgan fingerprint density at radius 2 is 1.51 bits per heavy atom. The van der Waals surface area contributed by atoms with Gasteiger partial charge in [-0.1, -0.05) is 91.0 Å². The van der Waals surface area contributed by atoms with Crippen molar-refractivity contribution >= 4 is 32.7 Å². The monoisotopic (exact) mass is 648 g/mol. The number of aromatic nitrogens is 1. The van der Waals surface area contributed by atoms with Crippen molar-refractivity contribution in [1.29, 1.82) is 0 Å². The minimum absolute atomic E-state index is 0.0331. The molecule has 47 heavy (non-hydrogen) atoms. The number of carbonyl (C=O) groups excluding carboxylic acids is 1. The molecule has 1 aromatic heterocycles. The highest BCUT2D eigenvalue weighted by molar-refractivity contribution is 7.93. The van der Waals surface area contributed by atoms with Crippen molar-refractivity contribution in [3.05, 3.63) is 138 Å². The SMILES string of the molecule is C[C@@H](COC(=O)N1CCCCC1c1ccnc2c(S(=O)(=O)Nc3ccccc3)cccc12)N(Cc1ccccc1)Cc1ccccc1. The number of likely N-dealkylation sites (tertiary alicyclic amines) is 1. The summed E-state index contributed by atoms with van der Waals surface area (Å²) in [6.07, 6.45) is 3.84. The number of nitrogens with zero attached hydrogens (tertiary/aromatic N) is 3. The Kier molecular flexibility index (Phi) is 10.1. The number of rotatable bonds is 11. The van der Waals surface area contributed by atoms with Crippen molar-refractivity contribution in [3.8, 4) is 0 Å². The second-order valence-electron chi connectivity index (χ2n) is 12.0. The topological polar surface area (TPSA) is 91.8 Å². The highest BCUT2D eigenvalue weighted by atomic mass is 32.2. The van der Waals surface area contributed by atoms with Gasteiger partial charge in [-0.2, -0.15) is 0 Å². The molecule has 242 valence electrons. The maximum Gasteiger partial charge on any atom is 0.410 e. The van der Waals surface area contributed by atoms with Gasteiger partial charge in [-0.05, 0) is 67.1 Å². The maximum absolute atomic E-state index is 13.8. The third-order valence-electron chi connectivity index (χ3n) is 8.71. The van der Waals surface area contributed by atoms with Crippen LogP contribution in [0.5, 0.6) is 0 Å². The third kappa shape index (κ3) is 7.81. The lowest BCUT2D eigenvalue weighted by atomic mass is 9.93. The first-order chi connectivity index (χ1) is 22.9. The maximum atomic E-state index is 13.8. The fourth-order valence-corrected chi connectivity index (χ4v) is 7.48. The van der Waals surface area contributed by atoms with E-state index in [4.69, 9.17) is 4.74 Å². The Morgan fingerprint density at radius 1 is 0.872 bits per heavy atom. The van der Waals surface area contributed by atoms with Crippen LogP contribution in [0.1, 0.15) is 48.9 Å². The van der Waals surface area contributed by atoms with E-state index in [1.807, 2.05) is 54.6 Å². The van der Waals surface area contributed by atoms with Gasteiger partial charge in [0.25, 0.3) is 10.0 Å². The molecule has 1 aliphatic heterocycles. The Bertz CT molecular complexity index is 1850. The molecule has 4 aromatic carbocycles. The van der Waals surface area contributed by atoms with Crippen molar-refractivity contribution in [3.63, 3.8) is 0 Å². The van der Waals surface area contributed by atoms with Crippen molar-refractivity contribution < 1.29 is 17.9 Å². The van der Waals surface area contributed by atoms with E-state index in [0.717, 1.165) is 37.9 Å². The number of para-hydroxylation sites is 2. The van der Waals surface area contributed by atoms with Crippen molar-refractivity contribution in [1.82, 2.24) is 14.8 Å². The number of piperidine rings is 1. The first kappa shape index (κ1) is 32.2. The van der Waals surface area contributed by atoms with E-state index in [1.165, 1.54) is 11.1 Å². The molecular weight excluding hydrogens is 609 g/mol. The number of ether oxygens (including phenoxy) is 1. The quantitative estimate of drug-likeness (QED) is 0.157. The average molecular weight is 649 g/mol. The van der Waals surface area contributed by atoms with E-state index in [9.17, 15) is 13.2 Å². The van der Waals surface area contributed by atoms with Crippen LogP contribution in [-0.2, 0) is 27.8 Å². The molecule has 0 bridgehead atoms. The van der Waals surface area contributed by atoms with E-state index < -0.39 is 10.0 Å².